The molecule has 0 saturated heterocycles. The summed E-state index contributed by atoms with van der Waals surface area (Å²) in [5.74, 6) is -2.59. The molecule has 0 aliphatic heterocycles. The molecule has 12 heteroatoms. The number of amides is 1. The third-order valence-corrected chi connectivity index (χ3v) is 5.83. The highest BCUT2D eigenvalue weighted by atomic mass is 19.4. The maximum Gasteiger partial charge on any atom is 0.418 e. The van der Waals surface area contributed by atoms with Gasteiger partial charge in [-0.1, -0.05) is 26.0 Å². The SMILES string of the molecule is COc1ccc(F)cc1C(C)(C)CC(O)(CNC(=O)c1cnn(-c2ccccc2F)c1N)C(F)(F)F. The Labute approximate surface area is 203 Å². The Morgan fingerprint density at radius 2 is 1.83 bits per heavy atom. The van der Waals surface area contributed by atoms with Gasteiger partial charge < -0.3 is 20.9 Å². The molecule has 7 nitrogen and oxygen atoms in total. The molecule has 1 heterocycles. The van der Waals surface area contributed by atoms with Gasteiger partial charge >= 0.3 is 6.18 Å². The van der Waals surface area contributed by atoms with Crippen molar-refractivity contribution in [1.29, 1.82) is 0 Å². The van der Waals surface area contributed by atoms with Gasteiger partial charge in [-0.15, -0.1) is 0 Å². The quantitative estimate of drug-likeness (QED) is 0.394. The number of aliphatic hydroxyl groups is 1. The summed E-state index contributed by atoms with van der Waals surface area (Å²) in [5.41, 5.74) is 0.788. The molecule has 0 aliphatic rings. The number of aromatic nitrogens is 2. The summed E-state index contributed by atoms with van der Waals surface area (Å²) in [6.45, 7) is 1.54. The van der Waals surface area contributed by atoms with Crippen LogP contribution in [-0.4, -0.2) is 46.2 Å². The van der Waals surface area contributed by atoms with Crippen LogP contribution >= 0.6 is 0 Å². The molecule has 0 aliphatic carbocycles. The number of ether oxygens (including phenoxy) is 1. The van der Waals surface area contributed by atoms with Crippen molar-refractivity contribution in [3.63, 3.8) is 0 Å². The Morgan fingerprint density at radius 1 is 1.17 bits per heavy atom. The summed E-state index contributed by atoms with van der Waals surface area (Å²) < 4.78 is 76.1. The number of alkyl halides is 3. The minimum atomic E-state index is -5.17. The van der Waals surface area contributed by atoms with E-state index in [-0.39, 0.29) is 28.4 Å². The maximum absolute atomic E-state index is 14.1. The highest BCUT2D eigenvalue weighted by Crippen LogP contribution is 2.43. The molecule has 1 aromatic heterocycles. The number of halogens is 5. The van der Waals surface area contributed by atoms with Crippen molar-refractivity contribution in [1.82, 2.24) is 15.1 Å². The number of nitrogen functional groups attached to an aromatic ring is 1. The molecule has 1 amide bonds. The van der Waals surface area contributed by atoms with E-state index in [0.717, 1.165) is 29.1 Å². The predicted molar refractivity (Wildman–Crippen MR) is 122 cm³/mol. The number of methoxy groups -OCH3 is 1. The van der Waals surface area contributed by atoms with Gasteiger partial charge in [-0.25, -0.2) is 13.5 Å². The van der Waals surface area contributed by atoms with Crippen molar-refractivity contribution in [3.8, 4) is 11.4 Å². The second kappa shape index (κ2) is 9.76. The lowest BCUT2D eigenvalue weighted by atomic mass is 9.74. The first-order chi connectivity index (χ1) is 16.7. The number of hydrogen-bond acceptors (Lipinski definition) is 5. The number of para-hydroxylation sites is 1. The zero-order valence-corrected chi connectivity index (χ0v) is 19.7. The topological polar surface area (TPSA) is 102 Å². The second-order valence-corrected chi connectivity index (χ2v) is 8.92. The number of carbonyl (C=O) groups is 1. The number of carbonyl (C=O) groups excluding carboxylic acids is 1. The number of nitrogens with one attached hydrogen (secondary N) is 1. The molecule has 0 bridgehead atoms. The van der Waals surface area contributed by atoms with Crippen LogP contribution in [-0.2, 0) is 5.41 Å². The minimum Gasteiger partial charge on any atom is -0.496 e. The van der Waals surface area contributed by atoms with Crippen molar-refractivity contribution >= 4 is 11.7 Å². The monoisotopic (exact) mass is 512 g/mol. The van der Waals surface area contributed by atoms with E-state index >= 15 is 0 Å². The molecule has 0 saturated carbocycles. The van der Waals surface area contributed by atoms with E-state index in [1.54, 1.807) is 0 Å². The van der Waals surface area contributed by atoms with Crippen LogP contribution in [0.15, 0.2) is 48.7 Å². The van der Waals surface area contributed by atoms with Gasteiger partial charge in [-0.2, -0.15) is 18.3 Å². The van der Waals surface area contributed by atoms with Crippen molar-refractivity contribution < 1.29 is 36.6 Å². The Hall–Kier alpha value is -3.67. The van der Waals surface area contributed by atoms with Gasteiger partial charge in [0.1, 0.15) is 34.5 Å². The van der Waals surface area contributed by atoms with Gasteiger partial charge in [-0.05, 0) is 42.2 Å². The fraction of sp³-hybridized carbons (Fsp3) is 0.333. The lowest BCUT2D eigenvalue weighted by Gasteiger charge is -2.38. The summed E-state index contributed by atoms with van der Waals surface area (Å²) in [6.07, 6.45) is -5.13. The molecule has 1 unspecified atom stereocenters. The van der Waals surface area contributed by atoms with Crippen LogP contribution in [0.5, 0.6) is 5.75 Å². The number of nitrogens with zero attached hydrogens (tertiary/aromatic N) is 2. The molecule has 3 aromatic rings. The Bertz CT molecular complexity index is 1260. The van der Waals surface area contributed by atoms with Gasteiger partial charge in [0, 0.05) is 5.56 Å². The fourth-order valence-corrected chi connectivity index (χ4v) is 3.97. The normalized spacial score (nSPS) is 13.8. The zero-order valence-electron chi connectivity index (χ0n) is 19.7. The molecular formula is C24H25F5N4O3. The van der Waals surface area contributed by atoms with E-state index in [4.69, 9.17) is 10.5 Å². The Balaban J connectivity index is 1.86. The number of anilines is 1. The third kappa shape index (κ3) is 5.27. The molecule has 0 fully saturated rings. The molecular weight excluding hydrogens is 487 g/mol. The predicted octanol–water partition coefficient (Wildman–Crippen LogP) is 4.13. The minimum absolute atomic E-state index is 0.0633. The average Bonchev–Trinajstić information content (AvgIpc) is 3.18. The van der Waals surface area contributed by atoms with Crippen molar-refractivity contribution in [2.24, 2.45) is 0 Å². The molecule has 36 heavy (non-hydrogen) atoms. The zero-order chi connectivity index (χ0) is 26.9. The molecule has 0 spiro atoms. The van der Waals surface area contributed by atoms with Crippen LogP contribution in [0.1, 0.15) is 36.2 Å². The summed E-state index contributed by atoms with van der Waals surface area (Å²) >= 11 is 0. The average molecular weight is 512 g/mol. The third-order valence-electron chi connectivity index (χ3n) is 5.83. The van der Waals surface area contributed by atoms with Gasteiger partial charge in [0.15, 0.2) is 5.60 Å². The van der Waals surface area contributed by atoms with Crippen LogP contribution in [0, 0.1) is 11.6 Å². The number of hydrogen-bond donors (Lipinski definition) is 3. The fourth-order valence-electron chi connectivity index (χ4n) is 3.97. The van der Waals surface area contributed by atoms with Crippen LogP contribution in [0.25, 0.3) is 5.69 Å². The lowest BCUT2D eigenvalue weighted by Crippen LogP contribution is -2.56. The van der Waals surface area contributed by atoms with Crippen molar-refractivity contribution in [3.05, 3.63) is 71.4 Å². The van der Waals surface area contributed by atoms with E-state index in [0.29, 0.717) is 0 Å². The van der Waals surface area contributed by atoms with Gasteiger partial charge in [0.05, 0.1) is 19.9 Å². The smallest absolute Gasteiger partial charge is 0.418 e. The van der Waals surface area contributed by atoms with E-state index in [2.05, 4.69) is 5.10 Å². The summed E-state index contributed by atoms with van der Waals surface area (Å²) in [5, 5.41) is 16.6. The van der Waals surface area contributed by atoms with Crippen molar-refractivity contribution in [2.45, 2.75) is 37.5 Å². The first-order valence-corrected chi connectivity index (χ1v) is 10.7. The lowest BCUT2D eigenvalue weighted by molar-refractivity contribution is -0.263. The van der Waals surface area contributed by atoms with Gasteiger partial charge in [-0.3, -0.25) is 4.79 Å². The maximum atomic E-state index is 14.1. The Kier molecular flexibility index (Phi) is 7.30. The summed E-state index contributed by atoms with van der Waals surface area (Å²) in [6, 6.07) is 8.85. The van der Waals surface area contributed by atoms with Crippen LogP contribution in [0.4, 0.5) is 27.8 Å². The van der Waals surface area contributed by atoms with Gasteiger partial charge in [0.2, 0.25) is 0 Å². The molecule has 1 atom stereocenters. The van der Waals surface area contributed by atoms with Gasteiger partial charge in [0.25, 0.3) is 5.91 Å². The summed E-state index contributed by atoms with van der Waals surface area (Å²) in [4.78, 5) is 12.7. The summed E-state index contributed by atoms with van der Waals surface area (Å²) in [7, 11) is 1.29. The van der Waals surface area contributed by atoms with E-state index in [1.807, 2.05) is 5.32 Å². The second-order valence-electron chi connectivity index (χ2n) is 8.92. The van der Waals surface area contributed by atoms with E-state index in [9.17, 15) is 31.9 Å². The highest BCUT2D eigenvalue weighted by molar-refractivity contribution is 5.98. The molecule has 2 aromatic carbocycles. The largest absolute Gasteiger partial charge is 0.496 e. The number of rotatable bonds is 8. The molecule has 194 valence electrons. The highest BCUT2D eigenvalue weighted by Gasteiger charge is 2.56. The molecule has 0 radical (unpaired) electrons. The molecule has 3 rings (SSSR count). The number of benzene rings is 2. The first-order valence-electron chi connectivity index (χ1n) is 10.7. The Morgan fingerprint density at radius 3 is 2.44 bits per heavy atom. The van der Waals surface area contributed by atoms with Crippen molar-refractivity contribution in [2.75, 3.05) is 19.4 Å². The first kappa shape index (κ1) is 26.9. The van der Waals surface area contributed by atoms with Crippen LogP contribution in [0.2, 0.25) is 0 Å². The molecule has 4 N–H and O–H groups in total. The van der Waals surface area contributed by atoms with Crippen LogP contribution < -0.4 is 15.8 Å². The van der Waals surface area contributed by atoms with E-state index in [1.165, 1.54) is 45.2 Å². The van der Waals surface area contributed by atoms with E-state index < -0.39 is 47.7 Å². The van der Waals surface area contributed by atoms with Crippen LogP contribution in [0.3, 0.4) is 0 Å². The standard InChI is InChI=1S/C24H25F5N4O3/c1-22(2,16-10-14(25)8-9-19(16)36-3)12-23(35,24(27,28)29)13-31-21(34)15-11-32-33(20(15)30)18-7-5-4-6-17(18)26/h4-11,35H,12-13,30H2,1-3H3,(H,31,34). The number of nitrogens with two attached hydrogens (primary N) is 1.